The van der Waals surface area contributed by atoms with Crippen LogP contribution in [0.4, 0.5) is 0 Å². The molecule has 1 aromatic rings. The van der Waals surface area contributed by atoms with E-state index in [0.29, 0.717) is 19.1 Å². The molecule has 1 saturated heterocycles. The molecule has 2 heterocycles. The molecular formula is C16H20N2O3. The molecule has 2 aliphatic rings. The maximum absolute atomic E-state index is 12.1. The molecule has 0 saturated carbocycles. The van der Waals surface area contributed by atoms with Gasteiger partial charge in [0.05, 0.1) is 12.6 Å². The molecule has 21 heavy (non-hydrogen) atoms. The van der Waals surface area contributed by atoms with Crippen molar-refractivity contribution < 1.29 is 14.3 Å². The molecule has 5 heteroatoms. The number of carbonyl (C=O) groups is 2. The van der Waals surface area contributed by atoms with E-state index < -0.39 is 11.8 Å². The number of piperidine rings is 1. The highest BCUT2D eigenvalue weighted by atomic mass is 16.5. The van der Waals surface area contributed by atoms with Gasteiger partial charge < -0.3 is 15.4 Å². The Morgan fingerprint density at radius 1 is 1.33 bits per heavy atom. The van der Waals surface area contributed by atoms with Crippen LogP contribution in [0, 0.1) is 5.92 Å². The molecule has 0 radical (unpaired) electrons. The van der Waals surface area contributed by atoms with Gasteiger partial charge >= 0.3 is 11.8 Å². The number of likely N-dealkylation sites (tertiary alicyclic amines) is 1. The van der Waals surface area contributed by atoms with E-state index >= 15 is 0 Å². The topological polar surface area (TPSA) is 72.6 Å². The van der Waals surface area contributed by atoms with E-state index in [4.69, 9.17) is 10.5 Å². The van der Waals surface area contributed by atoms with Crippen LogP contribution in [0.1, 0.15) is 36.9 Å². The Kier molecular flexibility index (Phi) is 3.57. The van der Waals surface area contributed by atoms with E-state index in [1.807, 2.05) is 12.1 Å². The van der Waals surface area contributed by atoms with Crippen LogP contribution in [0.25, 0.3) is 0 Å². The highest BCUT2D eigenvalue weighted by Crippen LogP contribution is 2.36. The van der Waals surface area contributed by atoms with Crippen LogP contribution >= 0.6 is 0 Å². The average molecular weight is 288 g/mol. The second kappa shape index (κ2) is 5.39. The van der Waals surface area contributed by atoms with Crippen molar-refractivity contribution in [3.05, 3.63) is 29.3 Å². The van der Waals surface area contributed by atoms with Crippen molar-refractivity contribution in [3.63, 3.8) is 0 Å². The summed E-state index contributed by atoms with van der Waals surface area (Å²) in [5.41, 5.74) is 7.42. The summed E-state index contributed by atoms with van der Waals surface area (Å²) in [6.45, 7) is 3.37. The summed E-state index contributed by atoms with van der Waals surface area (Å²) in [5.74, 6) is -0.188. The third kappa shape index (κ3) is 2.60. The molecule has 0 spiro atoms. The number of primary amides is 1. The van der Waals surface area contributed by atoms with Crippen molar-refractivity contribution in [1.82, 2.24) is 4.90 Å². The SMILES string of the molecule is CC1CCC(c2ccc3c(c2)OCC3)N(C(=O)C(N)=O)C1. The predicted molar refractivity (Wildman–Crippen MR) is 77.7 cm³/mol. The summed E-state index contributed by atoms with van der Waals surface area (Å²) >= 11 is 0. The lowest BCUT2D eigenvalue weighted by Crippen LogP contribution is -2.46. The van der Waals surface area contributed by atoms with E-state index in [1.165, 1.54) is 5.56 Å². The zero-order chi connectivity index (χ0) is 15.0. The molecule has 2 amide bonds. The number of ether oxygens (including phenoxy) is 1. The minimum absolute atomic E-state index is 0.0873. The lowest BCUT2D eigenvalue weighted by atomic mass is 9.89. The largest absolute Gasteiger partial charge is 0.493 e. The Morgan fingerprint density at radius 2 is 2.14 bits per heavy atom. The van der Waals surface area contributed by atoms with E-state index in [0.717, 1.165) is 30.6 Å². The first-order chi connectivity index (χ1) is 10.1. The number of hydrogen-bond acceptors (Lipinski definition) is 3. The molecular weight excluding hydrogens is 268 g/mol. The third-order valence-electron chi connectivity index (χ3n) is 4.39. The van der Waals surface area contributed by atoms with Gasteiger partial charge in [-0.25, -0.2) is 0 Å². The molecule has 0 bridgehead atoms. The molecule has 2 atom stereocenters. The van der Waals surface area contributed by atoms with Crippen LogP contribution in [0.2, 0.25) is 0 Å². The molecule has 1 fully saturated rings. The third-order valence-corrected chi connectivity index (χ3v) is 4.39. The Morgan fingerprint density at radius 3 is 2.90 bits per heavy atom. The van der Waals surface area contributed by atoms with E-state index in [-0.39, 0.29) is 6.04 Å². The quantitative estimate of drug-likeness (QED) is 0.794. The first-order valence-corrected chi connectivity index (χ1v) is 7.42. The number of fused-ring (bicyclic) bond motifs is 1. The number of nitrogens with two attached hydrogens (primary N) is 1. The summed E-state index contributed by atoms with van der Waals surface area (Å²) in [6, 6.07) is 6.01. The van der Waals surface area contributed by atoms with Crippen LogP contribution in [0.5, 0.6) is 5.75 Å². The fraction of sp³-hybridized carbons (Fsp3) is 0.500. The van der Waals surface area contributed by atoms with Crippen molar-refractivity contribution in [2.45, 2.75) is 32.2 Å². The second-order valence-corrected chi connectivity index (χ2v) is 5.99. The van der Waals surface area contributed by atoms with Crippen molar-refractivity contribution >= 4 is 11.8 Å². The molecule has 2 unspecified atom stereocenters. The Bertz CT molecular complexity index is 585. The van der Waals surface area contributed by atoms with Crippen molar-refractivity contribution in [1.29, 1.82) is 0 Å². The highest BCUT2D eigenvalue weighted by Gasteiger charge is 2.33. The highest BCUT2D eigenvalue weighted by molar-refractivity contribution is 6.34. The minimum Gasteiger partial charge on any atom is -0.493 e. The number of amides is 2. The maximum Gasteiger partial charge on any atom is 0.312 e. The van der Waals surface area contributed by atoms with Gasteiger partial charge in [0, 0.05) is 13.0 Å². The van der Waals surface area contributed by atoms with Gasteiger partial charge in [-0.05, 0) is 36.0 Å². The zero-order valence-corrected chi connectivity index (χ0v) is 12.2. The summed E-state index contributed by atoms with van der Waals surface area (Å²) in [6.07, 6.45) is 2.81. The van der Waals surface area contributed by atoms with Gasteiger partial charge in [0.1, 0.15) is 5.75 Å². The Balaban J connectivity index is 1.90. The molecule has 2 aliphatic heterocycles. The first-order valence-electron chi connectivity index (χ1n) is 7.42. The summed E-state index contributed by atoms with van der Waals surface area (Å²) < 4.78 is 5.60. The van der Waals surface area contributed by atoms with Crippen LogP contribution < -0.4 is 10.5 Å². The van der Waals surface area contributed by atoms with Gasteiger partial charge in [-0.3, -0.25) is 9.59 Å². The van der Waals surface area contributed by atoms with Gasteiger partial charge in [0.15, 0.2) is 0 Å². The average Bonchev–Trinajstić information content (AvgIpc) is 2.93. The standard InChI is InChI=1S/C16H20N2O3/c1-10-2-5-13(18(9-10)16(20)15(17)19)12-4-3-11-6-7-21-14(11)8-12/h3-4,8,10,13H,2,5-7,9H2,1H3,(H2,17,19). The number of rotatable bonds is 1. The zero-order valence-electron chi connectivity index (χ0n) is 12.2. The lowest BCUT2D eigenvalue weighted by molar-refractivity contribution is -0.147. The van der Waals surface area contributed by atoms with Crippen LogP contribution in [0.15, 0.2) is 18.2 Å². The Hall–Kier alpha value is -2.04. The van der Waals surface area contributed by atoms with Gasteiger partial charge in [-0.2, -0.15) is 0 Å². The molecule has 0 aromatic heterocycles. The van der Waals surface area contributed by atoms with Gasteiger partial charge in [0.25, 0.3) is 0 Å². The molecule has 1 aromatic carbocycles. The van der Waals surface area contributed by atoms with Crippen molar-refractivity contribution in [2.75, 3.05) is 13.2 Å². The van der Waals surface area contributed by atoms with Gasteiger partial charge in [0.2, 0.25) is 0 Å². The second-order valence-electron chi connectivity index (χ2n) is 5.99. The maximum atomic E-state index is 12.1. The Labute approximate surface area is 124 Å². The monoisotopic (exact) mass is 288 g/mol. The van der Waals surface area contributed by atoms with Crippen LogP contribution in [-0.4, -0.2) is 29.9 Å². The molecule has 0 aliphatic carbocycles. The summed E-state index contributed by atoms with van der Waals surface area (Å²) in [4.78, 5) is 25.0. The predicted octanol–water partition coefficient (Wildman–Crippen LogP) is 1.41. The number of nitrogens with zero attached hydrogens (tertiary/aromatic N) is 1. The molecule has 3 rings (SSSR count). The fourth-order valence-electron chi connectivity index (χ4n) is 3.26. The number of hydrogen-bond donors (Lipinski definition) is 1. The van der Waals surface area contributed by atoms with Gasteiger partial charge in [-0.15, -0.1) is 0 Å². The van der Waals surface area contributed by atoms with E-state index in [9.17, 15) is 9.59 Å². The number of benzene rings is 1. The molecule has 2 N–H and O–H groups in total. The fourth-order valence-corrected chi connectivity index (χ4v) is 3.26. The van der Waals surface area contributed by atoms with Gasteiger partial charge in [-0.1, -0.05) is 19.1 Å². The summed E-state index contributed by atoms with van der Waals surface area (Å²) in [7, 11) is 0. The minimum atomic E-state index is -0.883. The summed E-state index contributed by atoms with van der Waals surface area (Å²) in [5, 5.41) is 0. The van der Waals surface area contributed by atoms with E-state index in [2.05, 4.69) is 13.0 Å². The molecule has 112 valence electrons. The van der Waals surface area contributed by atoms with Crippen LogP contribution in [-0.2, 0) is 16.0 Å². The molecule has 5 nitrogen and oxygen atoms in total. The normalized spacial score (nSPS) is 24.3. The number of carbonyl (C=O) groups excluding carboxylic acids is 2. The van der Waals surface area contributed by atoms with Crippen molar-refractivity contribution in [3.8, 4) is 5.75 Å². The van der Waals surface area contributed by atoms with Crippen molar-refractivity contribution in [2.24, 2.45) is 11.7 Å². The van der Waals surface area contributed by atoms with E-state index in [1.54, 1.807) is 4.90 Å². The first kappa shape index (κ1) is 13.9. The van der Waals surface area contributed by atoms with Crippen LogP contribution in [0.3, 0.4) is 0 Å². The smallest absolute Gasteiger partial charge is 0.312 e. The lowest BCUT2D eigenvalue weighted by Gasteiger charge is -2.38.